The van der Waals surface area contributed by atoms with Gasteiger partial charge in [-0.15, -0.1) is 0 Å². The van der Waals surface area contributed by atoms with Gasteiger partial charge in [0, 0.05) is 38.2 Å². The zero-order valence-corrected chi connectivity index (χ0v) is 14.0. The van der Waals surface area contributed by atoms with E-state index in [-0.39, 0.29) is 30.3 Å². The second-order valence-electron chi connectivity index (χ2n) is 5.48. The average molecular weight is 341 g/mol. The van der Waals surface area contributed by atoms with Gasteiger partial charge in [0.15, 0.2) is 6.61 Å². The third kappa shape index (κ3) is 4.59. The standard InChI is InChI=1S/C16H21ClN2O4/c1-18-16(21)14-8-19(7-11(14)9-22-2)15(20)10-23-13-5-3-12(17)4-6-13/h3-6,11,14H,7-10H2,1-2H3,(H,18,21)/t11-,14+/m0/s1. The third-order valence-electron chi connectivity index (χ3n) is 3.93. The summed E-state index contributed by atoms with van der Waals surface area (Å²) in [6.45, 7) is 1.26. The van der Waals surface area contributed by atoms with Crippen LogP contribution in [0, 0.1) is 11.8 Å². The molecule has 0 saturated carbocycles. The number of halogens is 1. The fraction of sp³-hybridized carbons (Fsp3) is 0.500. The minimum absolute atomic E-state index is 0.000526. The summed E-state index contributed by atoms with van der Waals surface area (Å²) in [6, 6.07) is 6.82. The predicted molar refractivity (Wildman–Crippen MR) is 86.4 cm³/mol. The summed E-state index contributed by atoms with van der Waals surface area (Å²) < 4.78 is 10.6. The maximum absolute atomic E-state index is 12.3. The summed E-state index contributed by atoms with van der Waals surface area (Å²) in [5.74, 6) is 0.116. The van der Waals surface area contributed by atoms with Crippen LogP contribution in [0.4, 0.5) is 0 Å². The zero-order valence-electron chi connectivity index (χ0n) is 13.3. The fourth-order valence-electron chi connectivity index (χ4n) is 2.71. The third-order valence-corrected chi connectivity index (χ3v) is 4.19. The Morgan fingerprint density at radius 1 is 1.30 bits per heavy atom. The van der Waals surface area contributed by atoms with Gasteiger partial charge in [-0.2, -0.15) is 0 Å². The van der Waals surface area contributed by atoms with Gasteiger partial charge in [-0.25, -0.2) is 0 Å². The van der Waals surface area contributed by atoms with E-state index in [0.717, 1.165) is 0 Å². The van der Waals surface area contributed by atoms with Crippen LogP contribution in [0.1, 0.15) is 0 Å². The molecule has 0 aromatic heterocycles. The molecule has 1 heterocycles. The Morgan fingerprint density at radius 2 is 2.00 bits per heavy atom. The van der Waals surface area contributed by atoms with Crippen LogP contribution in [0.5, 0.6) is 5.75 Å². The van der Waals surface area contributed by atoms with Gasteiger partial charge >= 0.3 is 0 Å². The van der Waals surface area contributed by atoms with Crippen molar-refractivity contribution >= 4 is 23.4 Å². The quantitative estimate of drug-likeness (QED) is 0.844. The molecule has 0 spiro atoms. The molecule has 1 saturated heterocycles. The highest BCUT2D eigenvalue weighted by Crippen LogP contribution is 2.24. The topological polar surface area (TPSA) is 67.9 Å². The molecule has 0 unspecified atom stereocenters. The fourth-order valence-corrected chi connectivity index (χ4v) is 2.83. The largest absolute Gasteiger partial charge is 0.484 e. The molecule has 0 bridgehead atoms. The zero-order chi connectivity index (χ0) is 16.8. The molecule has 126 valence electrons. The van der Waals surface area contributed by atoms with E-state index in [2.05, 4.69) is 5.32 Å². The van der Waals surface area contributed by atoms with Gasteiger partial charge in [0.25, 0.3) is 5.91 Å². The second kappa shape index (κ2) is 8.17. The van der Waals surface area contributed by atoms with E-state index in [0.29, 0.717) is 30.5 Å². The van der Waals surface area contributed by atoms with E-state index in [9.17, 15) is 9.59 Å². The molecule has 2 amide bonds. The molecule has 23 heavy (non-hydrogen) atoms. The van der Waals surface area contributed by atoms with Crippen molar-refractivity contribution in [3.05, 3.63) is 29.3 Å². The lowest BCUT2D eigenvalue weighted by Gasteiger charge is -2.16. The summed E-state index contributed by atoms with van der Waals surface area (Å²) in [5.41, 5.74) is 0. The molecular weight excluding hydrogens is 320 g/mol. The van der Waals surface area contributed by atoms with Crippen LogP contribution >= 0.6 is 11.6 Å². The van der Waals surface area contributed by atoms with E-state index in [1.165, 1.54) is 0 Å². The highest BCUT2D eigenvalue weighted by atomic mass is 35.5. The Morgan fingerprint density at radius 3 is 2.61 bits per heavy atom. The summed E-state index contributed by atoms with van der Waals surface area (Å²) in [5, 5.41) is 3.25. The number of benzene rings is 1. The van der Waals surface area contributed by atoms with Crippen LogP contribution in [0.2, 0.25) is 5.02 Å². The van der Waals surface area contributed by atoms with E-state index in [4.69, 9.17) is 21.1 Å². The van der Waals surface area contributed by atoms with Crippen molar-refractivity contribution in [1.82, 2.24) is 10.2 Å². The van der Waals surface area contributed by atoms with Gasteiger partial charge < -0.3 is 19.7 Å². The molecule has 2 rings (SSSR count). The van der Waals surface area contributed by atoms with Crippen molar-refractivity contribution in [2.24, 2.45) is 11.8 Å². The first-order valence-electron chi connectivity index (χ1n) is 7.41. The number of rotatable bonds is 6. The molecule has 1 aliphatic heterocycles. The minimum Gasteiger partial charge on any atom is -0.484 e. The number of nitrogens with one attached hydrogen (secondary N) is 1. The summed E-state index contributed by atoms with van der Waals surface area (Å²) in [4.78, 5) is 25.9. The first-order valence-corrected chi connectivity index (χ1v) is 7.79. The molecule has 1 fully saturated rings. The number of carbonyl (C=O) groups excluding carboxylic acids is 2. The average Bonchev–Trinajstić information content (AvgIpc) is 2.98. The Hall–Kier alpha value is -1.79. The molecule has 0 radical (unpaired) electrons. The Labute approximate surface area is 140 Å². The molecule has 1 aromatic carbocycles. The van der Waals surface area contributed by atoms with Gasteiger partial charge in [-0.3, -0.25) is 9.59 Å². The Balaban J connectivity index is 1.91. The van der Waals surface area contributed by atoms with Crippen LogP contribution in [-0.4, -0.2) is 57.2 Å². The number of methoxy groups -OCH3 is 1. The lowest BCUT2D eigenvalue weighted by Crippen LogP contribution is -2.36. The molecule has 1 aliphatic rings. The first-order chi connectivity index (χ1) is 11.0. The van der Waals surface area contributed by atoms with Crippen LogP contribution in [0.25, 0.3) is 0 Å². The first kappa shape index (κ1) is 17.6. The number of ether oxygens (including phenoxy) is 2. The highest BCUT2D eigenvalue weighted by Gasteiger charge is 2.39. The molecule has 6 nitrogen and oxygen atoms in total. The number of amides is 2. The monoisotopic (exact) mass is 340 g/mol. The van der Waals surface area contributed by atoms with E-state index in [1.807, 2.05) is 0 Å². The Bertz CT molecular complexity index is 550. The molecule has 2 atom stereocenters. The molecular formula is C16H21ClN2O4. The summed E-state index contributed by atoms with van der Waals surface area (Å²) in [6.07, 6.45) is 0. The summed E-state index contributed by atoms with van der Waals surface area (Å²) in [7, 11) is 3.19. The molecule has 1 aromatic rings. The number of hydrogen-bond donors (Lipinski definition) is 1. The van der Waals surface area contributed by atoms with E-state index >= 15 is 0 Å². The van der Waals surface area contributed by atoms with E-state index < -0.39 is 0 Å². The van der Waals surface area contributed by atoms with Crippen LogP contribution in [-0.2, 0) is 14.3 Å². The highest BCUT2D eigenvalue weighted by molar-refractivity contribution is 6.30. The minimum atomic E-state index is -0.251. The number of carbonyl (C=O) groups is 2. The van der Waals surface area contributed by atoms with Gasteiger partial charge in [0.05, 0.1) is 12.5 Å². The smallest absolute Gasteiger partial charge is 0.260 e. The number of nitrogens with zero attached hydrogens (tertiary/aromatic N) is 1. The second-order valence-corrected chi connectivity index (χ2v) is 5.91. The van der Waals surface area contributed by atoms with Crippen molar-refractivity contribution in [2.75, 3.05) is 40.5 Å². The summed E-state index contributed by atoms with van der Waals surface area (Å²) >= 11 is 5.80. The van der Waals surface area contributed by atoms with Crippen molar-refractivity contribution in [3.63, 3.8) is 0 Å². The van der Waals surface area contributed by atoms with Gasteiger partial charge in [0.2, 0.25) is 5.91 Å². The molecule has 7 heteroatoms. The molecule has 1 N–H and O–H groups in total. The van der Waals surface area contributed by atoms with Crippen LogP contribution < -0.4 is 10.1 Å². The molecule has 0 aliphatic carbocycles. The predicted octanol–water partition coefficient (Wildman–Crippen LogP) is 1.19. The SMILES string of the molecule is CNC(=O)[C@@H]1CN(C(=O)COc2ccc(Cl)cc2)C[C@H]1COC. The lowest BCUT2D eigenvalue weighted by molar-refractivity contribution is -0.132. The normalized spacial score (nSPS) is 20.4. The lowest BCUT2D eigenvalue weighted by atomic mass is 9.96. The number of likely N-dealkylation sites (tertiary alicyclic amines) is 1. The van der Waals surface area contributed by atoms with Crippen molar-refractivity contribution < 1.29 is 19.1 Å². The van der Waals surface area contributed by atoms with Crippen molar-refractivity contribution in [1.29, 1.82) is 0 Å². The van der Waals surface area contributed by atoms with Crippen molar-refractivity contribution in [2.45, 2.75) is 0 Å². The Kier molecular flexibility index (Phi) is 6.24. The maximum Gasteiger partial charge on any atom is 0.260 e. The number of hydrogen-bond acceptors (Lipinski definition) is 4. The van der Waals surface area contributed by atoms with Crippen LogP contribution in [0.15, 0.2) is 24.3 Å². The van der Waals surface area contributed by atoms with Gasteiger partial charge in [-0.1, -0.05) is 11.6 Å². The van der Waals surface area contributed by atoms with Gasteiger partial charge in [0.1, 0.15) is 5.75 Å². The van der Waals surface area contributed by atoms with E-state index in [1.54, 1.807) is 43.3 Å². The maximum atomic E-state index is 12.3. The van der Waals surface area contributed by atoms with Crippen molar-refractivity contribution in [3.8, 4) is 5.75 Å². The van der Waals surface area contributed by atoms with Crippen LogP contribution in [0.3, 0.4) is 0 Å². The van der Waals surface area contributed by atoms with Gasteiger partial charge in [-0.05, 0) is 24.3 Å².